The van der Waals surface area contributed by atoms with Gasteiger partial charge in [0.1, 0.15) is 0 Å². The van der Waals surface area contributed by atoms with Gasteiger partial charge in [-0.2, -0.15) is 0 Å². The molecule has 6 heteroatoms. The fourth-order valence-corrected chi connectivity index (χ4v) is 4.45. The number of carbonyl (C=O) groups excluding carboxylic acids is 1. The Balaban J connectivity index is 0.00000196. The summed E-state index contributed by atoms with van der Waals surface area (Å²) in [6.45, 7) is 2.43. The first-order chi connectivity index (χ1) is 12.1. The van der Waals surface area contributed by atoms with Crippen molar-refractivity contribution in [2.24, 2.45) is 18.2 Å². The summed E-state index contributed by atoms with van der Waals surface area (Å²) < 4.78 is 1.95. The van der Waals surface area contributed by atoms with Crippen molar-refractivity contribution in [2.75, 3.05) is 13.1 Å². The van der Waals surface area contributed by atoms with Crippen molar-refractivity contribution in [3.63, 3.8) is 0 Å². The van der Waals surface area contributed by atoms with Gasteiger partial charge < -0.3 is 11.1 Å². The number of amides is 1. The second-order valence-electron chi connectivity index (χ2n) is 7.87. The van der Waals surface area contributed by atoms with E-state index in [0.717, 1.165) is 11.1 Å². The minimum Gasteiger partial charge on any atom is -0.370 e. The maximum Gasteiger partial charge on any atom is 1.00 e. The summed E-state index contributed by atoms with van der Waals surface area (Å²) in [4.78, 5) is 10.9. The summed E-state index contributed by atoms with van der Waals surface area (Å²) in [5.74, 6) is 0.406. The van der Waals surface area contributed by atoms with Crippen molar-refractivity contribution in [2.45, 2.75) is 44.4 Å². The monoisotopic (exact) mass is 378 g/mol. The quantitative estimate of drug-likeness (QED) is 0.551. The molecule has 2 fully saturated rings. The van der Waals surface area contributed by atoms with E-state index in [1.807, 2.05) is 18.2 Å². The predicted octanol–water partition coefficient (Wildman–Crippen LogP) is -0.358. The third kappa shape index (κ3) is 4.05. The Hall–Kier alpha value is -0.374. The zero-order chi connectivity index (χ0) is 17.4. The van der Waals surface area contributed by atoms with Crippen LogP contribution in [0.15, 0.2) is 18.2 Å². The summed E-state index contributed by atoms with van der Waals surface area (Å²) in [5, 5.41) is 9.22. The van der Waals surface area contributed by atoms with Crippen LogP contribution < -0.4 is 62.4 Å². The van der Waals surface area contributed by atoms with Crippen molar-refractivity contribution in [3.05, 3.63) is 35.9 Å². The van der Waals surface area contributed by atoms with Gasteiger partial charge in [-0.15, -0.1) is 11.5 Å². The van der Waals surface area contributed by atoms with Gasteiger partial charge in [0.25, 0.3) is 0 Å². The molecule has 1 aromatic carbocycles. The van der Waals surface area contributed by atoms with Crippen molar-refractivity contribution >= 4 is 16.8 Å². The van der Waals surface area contributed by atoms with E-state index < -0.39 is 0 Å². The zero-order valence-electron chi connectivity index (χ0n) is 15.9. The van der Waals surface area contributed by atoms with E-state index in [9.17, 15) is 4.79 Å². The molecule has 2 aliphatic rings. The van der Waals surface area contributed by atoms with E-state index in [2.05, 4.69) is 28.6 Å². The molecule has 4 rings (SSSR count). The fraction of sp³-hybridized carbons (Fsp3) is 0.550. The van der Waals surface area contributed by atoms with Gasteiger partial charge in [-0.1, -0.05) is 24.2 Å². The van der Waals surface area contributed by atoms with Gasteiger partial charge in [0.2, 0.25) is 5.91 Å². The smallest absolute Gasteiger partial charge is 0.370 e. The first-order valence-corrected chi connectivity index (χ1v) is 9.35. The Labute approximate surface area is 197 Å². The van der Waals surface area contributed by atoms with E-state index in [-0.39, 0.29) is 57.3 Å². The third-order valence-corrected chi connectivity index (χ3v) is 6.15. The molecule has 134 valence electrons. The number of hydrogen-bond donors (Lipinski definition) is 2. The van der Waals surface area contributed by atoms with Gasteiger partial charge in [-0.05, 0) is 48.1 Å². The van der Waals surface area contributed by atoms with Gasteiger partial charge in [-0.3, -0.25) is 9.48 Å². The first-order valence-electron chi connectivity index (χ1n) is 9.35. The molecule has 5 nitrogen and oxygen atoms in total. The van der Waals surface area contributed by atoms with Gasteiger partial charge in [0.15, 0.2) is 0 Å². The van der Waals surface area contributed by atoms with E-state index in [4.69, 9.17) is 5.73 Å². The molecule has 2 heterocycles. The van der Waals surface area contributed by atoms with E-state index in [1.165, 1.54) is 49.9 Å². The third-order valence-electron chi connectivity index (χ3n) is 6.15. The summed E-state index contributed by atoms with van der Waals surface area (Å²) in [7, 11) is 1.99. The van der Waals surface area contributed by atoms with Crippen LogP contribution in [-0.2, 0) is 11.8 Å². The molecule has 1 aliphatic heterocycles. The predicted molar refractivity (Wildman–Crippen MR) is 99.1 cm³/mol. The van der Waals surface area contributed by atoms with Gasteiger partial charge in [-0.25, -0.2) is 11.5 Å². The number of aromatic nitrogens is 2. The van der Waals surface area contributed by atoms with Crippen LogP contribution in [-0.4, -0.2) is 28.8 Å². The topological polar surface area (TPSA) is 72.9 Å². The molecule has 0 atom stereocenters. The molecule has 0 bridgehead atoms. The summed E-state index contributed by atoms with van der Waals surface area (Å²) >= 11 is 0. The Morgan fingerprint density at radius 3 is 2.73 bits per heavy atom. The van der Waals surface area contributed by atoms with Crippen molar-refractivity contribution in [1.29, 1.82) is 0 Å². The SMILES string of the molecule is Cn1nc([CH-]CCC(N)=O)c2ccc(C3CCC4(CC3)CNC4)cc21.[K+]. The number of carbonyl (C=O) groups is 1. The number of fused-ring (bicyclic) bond motifs is 1. The normalized spacial score (nSPS) is 19.1. The maximum absolute atomic E-state index is 10.9. The minimum absolute atomic E-state index is 0. The molecule has 1 aromatic heterocycles. The van der Waals surface area contributed by atoms with Crippen LogP contribution in [0.3, 0.4) is 0 Å². The number of rotatable bonds is 5. The molecular formula is C20H27KN4O. The second kappa shape index (κ2) is 8.33. The van der Waals surface area contributed by atoms with Crippen molar-refractivity contribution in [3.8, 4) is 0 Å². The number of nitrogens with two attached hydrogens (primary N) is 1. The molecule has 3 N–H and O–H groups in total. The molecule has 26 heavy (non-hydrogen) atoms. The number of hydrogen-bond acceptors (Lipinski definition) is 3. The number of aryl methyl sites for hydroxylation is 1. The number of benzene rings is 1. The van der Waals surface area contributed by atoms with Crippen molar-refractivity contribution in [1.82, 2.24) is 15.1 Å². The Bertz CT molecular complexity index is 786. The van der Waals surface area contributed by atoms with E-state index >= 15 is 0 Å². The standard InChI is InChI=1S/C20H27N4O.K/c1-24-18-11-15(14-7-9-20(10-8-14)12-22-13-20)5-6-16(18)17(23-24)3-2-4-19(21)25;/h3,5-6,11,14,22H,2,4,7-10,12-13H2,1H3,(H2,21,25);/q-1;+1. The summed E-state index contributed by atoms with van der Waals surface area (Å²) in [6, 6.07) is 6.79. The van der Waals surface area contributed by atoms with Crippen molar-refractivity contribution < 1.29 is 56.2 Å². The van der Waals surface area contributed by atoms with Gasteiger partial charge in [0.05, 0.1) is 0 Å². The number of primary amides is 1. The zero-order valence-corrected chi connectivity index (χ0v) is 19.0. The molecule has 1 spiro atoms. The first kappa shape index (κ1) is 20.4. The van der Waals surface area contributed by atoms with Gasteiger partial charge in [0, 0.05) is 26.6 Å². The molecule has 1 saturated carbocycles. The number of nitrogens with zero attached hydrogens (tertiary/aromatic N) is 2. The van der Waals surface area contributed by atoms with E-state index in [0.29, 0.717) is 24.2 Å². The van der Waals surface area contributed by atoms with Crippen LogP contribution in [0.1, 0.15) is 55.7 Å². The largest absolute Gasteiger partial charge is 1.00 e. The molecule has 1 aliphatic carbocycles. The van der Waals surface area contributed by atoms with Crippen LogP contribution in [0.4, 0.5) is 0 Å². The van der Waals surface area contributed by atoms with E-state index in [1.54, 1.807) is 0 Å². The summed E-state index contributed by atoms with van der Waals surface area (Å²) in [6.07, 6.45) is 8.31. The molecular weight excluding hydrogens is 351 g/mol. The van der Waals surface area contributed by atoms with Crippen LogP contribution in [0, 0.1) is 11.8 Å². The molecule has 1 saturated heterocycles. The maximum atomic E-state index is 10.9. The number of nitrogens with one attached hydrogen (secondary N) is 1. The molecule has 0 radical (unpaired) electrons. The van der Waals surface area contributed by atoms with Crippen LogP contribution >= 0.6 is 0 Å². The minimum atomic E-state index is -0.268. The second-order valence-corrected chi connectivity index (χ2v) is 7.87. The Morgan fingerprint density at radius 1 is 1.38 bits per heavy atom. The molecule has 0 unspecified atom stereocenters. The van der Waals surface area contributed by atoms with Gasteiger partial charge >= 0.3 is 51.4 Å². The summed E-state index contributed by atoms with van der Waals surface area (Å²) in [5.41, 5.74) is 9.40. The Morgan fingerprint density at radius 2 is 2.12 bits per heavy atom. The van der Waals surface area contributed by atoms with Crippen LogP contribution in [0.5, 0.6) is 0 Å². The van der Waals surface area contributed by atoms with Crippen LogP contribution in [0.2, 0.25) is 0 Å². The molecule has 1 amide bonds. The molecule has 2 aromatic rings. The van der Waals surface area contributed by atoms with Crippen LogP contribution in [0.25, 0.3) is 10.9 Å². The average Bonchev–Trinajstić information content (AvgIpc) is 2.89. The fourth-order valence-electron chi connectivity index (χ4n) is 4.45. The Kier molecular flexibility index (Phi) is 6.52. The average molecular weight is 379 g/mol.